The monoisotopic (exact) mass is 312 g/mol. The van der Waals surface area contributed by atoms with Crippen LogP contribution in [-0.2, 0) is 11.3 Å². The van der Waals surface area contributed by atoms with E-state index in [0.717, 1.165) is 6.07 Å². The van der Waals surface area contributed by atoms with Gasteiger partial charge in [-0.3, -0.25) is 4.79 Å². The molecule has 1 heterocycles. The molecule has 0 aliphatic heterocycles. The first-order chi connectivity index (χ1) is 9.97. The lowest BCUT2D eigenvalue weighted by Crippen LogP contribution is -2.38. The molecule has 2 rings (SSSR count). The molecule has 1 amide bonds. The maximum atomic E-state index is 13.7. The number of hydrogen-bond acceptors (Lipinski definition) is 4. The molecule has 0 aliphatic carbocycles. The molecule has 0 spiro atoms. The van der Waals surface area contributed by atoms with E-state index in [1.54, 1.807) is 11.5 Å². The van der Waals surface area contributed by atoms with Gasteiger partial charge in [0.25, 0.3) is 5.91 Å². The number of hydrogen-bond donors (Lipinski definition) is 2. The Labute approximate surface area is 125 Å². The third kappa shape index (κ3) is 3.99. The lowest BCUT2D eigenvalue weighted by atomic mass is 10.1. The van der Waals surface area contributed by atoms with Gasteiger partial charge in [-0.25, -0.2) is 4.39 Å². The van der Waals surface area contributed by atoms with Gasteiger partial charge >= 0.3 is 0 Å². The summed E-state index contributed by atoms with van der Waals surface area (Å²) in [5, 5.41) is 20.0. The summed E-state index contributed by atoms with van der Waals surface area (Å²) in [4.78, 5) is 11.9. The van der Waals surface area contributed by atoms with Gasteiger partial charge in [-0.15, -0.1) is 10.2 Å². The number of carbonyl (C=O) groups is 1. The second kappa shape index (κ2) is 6.64. The van der Waals surface area contributed by atoms with Gasteiger partial charge in [-0.1, -0.05) is 17.7 Å². The number of nitrogens with one attached hydrogen (secondary N) is 1. The Morgan fingerprint density at radius 1 is 1.48 bits per heavy atom. The minimum atomic E-state index is -1.59. The first-order valence-electron chi connectivity index (χ1n) is 6.23. The van der Waals surface area contributed by atoms with Crippen LogP contribution in [0.25, 0.3) is 0 Å². The molecule has 1 aromatic heterocycles. The number of rotatable bonds is 5. The molecule has 6 nitrogen and oxygen atoms in total. The predicted octanol–water partition coefficient (Wildman–Crippen LogP) is 1.31. The van der Waals surface area contributed by atoms with Crippen molar-refractivity contribution in [1.29, 1.82) is 0 Å². The van der Waals surface area contributed by atoms with Crippen LogP contribution in [0, 0.1) is 5.82 Å². The molecule has 0 saturated heterocycles. The lowest BCUT2D eigenvalue weighted by molar-refractivity contribution is -0.130. The van der Waals surface area contributed by atoms with Crippen molar-refractivity contribution in [3.8, 4) is 0 Å². The highest BCUT2D eigenvalue weighted by atomic mass is 35.5. The molecule has 112 valence electrons. The Morgan fingerprint density at radius 3 is 2.76 bits per heavy atom. The quantitative estimate of drug-likeness (QED) is 0.872. The summed E-state index contributed by atoms with van der Waals surface area (Å²) in [5.41, 5.74) is -0.117. The average molecular weight is 313 g/mol. The molecule has 0 fully saturated rings. The molecule has 2 N–H and O–H groups in total. The van der Waals surface area contributed by atoms with E-state index in [9.17, 15) is 14.3 Å². The fourth-order valence-corrected chi connectivity index (χ4v) is 2.02. The highest BCUT2D eigenvalue weighted by Gasteiger charge is 2.22. The third-order valence-electron chi connectivity index (χ3n) is 2.85. The molecule has 1 aromatic carbocycles. The Hall–Kier alpha value is -1.99. The highest BCUT2D eigenvalue weighted by molar-refractivity contribution is 6.30. The molecule has 21 heavy (non-hydrogen) atoms. The van der Waals surface area contributed by atoms with Crippen LogP contribution in [0.15, 0.2) is 30.9 Å². The van der Waals surface area contributed by atoms with Crippen molar-refractivity contribution in [2.75, 3.05) is 0 Å². The maximum absolute atomic E-state index is 13.7. The smallest absolute Gasteiger partial charge is 0.253 e. The maximum Gasteiger partial charge on any atom is 0.253 e. The summed E-state index contributed by atoms with van der Waals surface area (Å²) >= 11 is 5.63. The van der Waals surface area contributed by atoms with Gasteiger partial charge in [-0.05, 0) is 19.1 Å². The molecule has 0 aliphatic rings. The lowest BCUT2D eigenvalue weighted by Gasteiger charge is -2.17. The van der Waals surface area contributed by atoms with Crippen molar-refractivity contribution < 1.29 is 14.3 Å². The van der Waals surface area contributed by atoms with Crippen LogP contribution in [0.4, 0.5) is 4.39 Å². The third-order valence-corrected chi connectivity index (χ3v) is 3.08. The molecular weight excluding hydrogens is 299 g/mol. The van der Waals surface area contributed by atoms with Crippen molar-refractivity contribution >= 4 is 17.5 Å². The van der Waals surface area contributed by atoms with Crippen LogP contribution in [-0.4, -0.2) is 31.8 Å². The SMILES string of the molecule is CC(Cn1cnnc1)NC(=O)C(O)c1ccc(Cl)cc1F. The zero-order chi connectivity index (χ0) is 15.4. The van der Waals surface area contributed by atoms with Gasteiger partial charge in [-0.2, -0.15) is 0 Å². The minimum absolute atomic E-state index is 0.117. The van der Waals surface area contributed by atoms with Crippen LogP contribution in [0.2, 0.25) is 5.02 Å². The van der Waals surface area contributed by atoms with E-state index in [0.29, 0.717) is 6.54 Å². The van der Waals surface area contributed by atoms with Crippen LogP contribution < -0.4 is 5.32 Å². The number of amides is 1. The molecule has 2 aromatic rings. The standard InChI is InChI=1S/C13H14ClFN4O2/c1-8(5-19-6-16-17-7-19)18-13(21)12(20)10-3-2-9(14)4-11(10)15/h2-4,6-8,12,20H,5H2,1H3,(H,18,21). The molecule has 0 radical (unpaired) electrons. The second-order valence-electron chi connectivity index (χ2n) is 4.64. The Morgan fingerprint density at radius 2 is 2.14 bits per heavy atom. The summed E-state index contributed by atoms with van der Waals surface area (Å²) in [6.07, 6.45) is 1.43. The number of benzene rings is 1. The van der Waals surface area contributed by atoms with Gasteiger partial charge in [0.05, 0.1) is 0 Å². The topological polar surface area (TPSA) is 80.0 Å². The Balaban J connectivity index is 1.98. The zero-order valence-electron chi connectivity index (χ0n) is 11.2. The van der Waals surface area contributed by atoms with Gasteiger partial charge in [0.15, 0.2) is 6.10 Å². The van der Waals surface area contributed by atoms with Crippen molar-refractivity contribution in [3.05, 3.63) is 47.3 Å². The molecule has 0 saturated carbocycles. The summed E-state index contributed by atoms with van der Waals surface area (Å²) in [6, 6.07) is 3.47. The highest BCUT2D eigenvalue weighted by Crippen LogP contribution is 2.21. The number of carbonyl (C=O) groups excluding carboxylic acids is 1. The molecular formula is C13H14ClFN4O2. The summed E-state index contributed by atoms with van der Waals surface area (Å²) < 4.78 is 15.3. The van der Waals surface area contributed by atoms with Crippen molar-refractivity contribution in [3.63, 3.8) is 0 Å². The average Bonchev–Trinajstić information content (AvgIpc) is 2.90. The van der Waals surface area contributed by atoms with Gasteiger partial charge in [0.1, 0.15) is 18.5 Å². The zero-order valence-corrected chi connectivity index (χ0v) is 12.0. The Bertz CT molecular complexity index is 621. The van der Waals surface area contributed by atoms with E-state index in [4.69, 9.17) is 11.6 Å². The Kier molecular flexibility index (Phi) is 4.87. The minimum Gasteiger partial charge on any atom is -0.378 e. The summed E-state index contributed by atoms with van der Waals surface area (Å²) in [7, 11) is 0. The number of aliphatic hydroxyl groups excluding tert-OH is 1. The van der Waals surface area contributed by atoms with Crippen LogP contribution in [0.1, 0.15) is 18.6 Å². The van der Waals surface area contributed by atoms with Crippen molar-refractivity contribution in [1.82, 2.24) is 20.1 Å². The number of aromatic nitrogens is 3. The fraction of sp³-hybridized carbons (Fsp3) is 0.308. The normalized spacial score (nSPS) is 13.7. The molecule has 2 unspecified atom stereocenters. The van der Waals surface area contributed by atoms with E-state index in [-0.39, 0.29) is 16.6 Å². The first kappa shape index (κ1) is 15.4. The van der Waals surface area contributed by atoms with Crippen LogP contribution >= 0.6 is 11.6 Å². The summed E-state index contributed by atoms with van der Waals surface area (Å²) in [6.45, 7) is 2.19. The van der Waals surface area contributed by atoms with E-state index < -0.39 is 17.8 Å². The first-order valence-corrected chi connectivity index (χ1v) is 6.61. The fourth-order valence-electron chi connectivity index (χ4n) is 1.86. The molecule has 8 heteroatoms. The van der Waals surface area contributed by atoms with Crippen molar-refractivity contribution in [2.24, 2.45) is 0 Å². The van der Waals surface area contributed by atoms with Gasteiger partial charge in [0.2, 0.25) is 0 Å². The second-order valence-corrected chi connectivity index (χ2v) is 5.07. The number of halogens is 2. The van der Waals surface area contributed by atoms with Gasteiger partial charge in [0, 0.05) is 23.2 Å². The van der Waals surface area contributed by atoms with E-state index in [1.807, 2.05) is 0 Å². The predicted molar refractivity (Wildman–Crippen MR) is 74.0 cm³/mol. The van der Waals surface area contributed by atoms with Gasteiger partial charge < -0.3 is 15.0 Å². The van der Waals surface area contributed by atoms with E-state index in [2.05, 4.69) is 15.5 Å². The molecule has 0 bridgehead atoms. The molecule has 2 atom stereocenters. The van der Waals surface area contributed by atoms with Crippen LogP contribution in [0.5, 0.6) is 0 Å². The summed E-state index contributed by atoms with van der Waals surface area (Å²) in [5.74, 6) is -1.41. The van der Waals surface area contributed by atoms with E-state index >= 15 is 0 Å². The number of aliphatic hydroxyl groups is 1. The van der Waals surface area contributed by atoms with Crippen molar-refractivity contribution in [2.45, 2.75) is 25.6 Å². The van der Waals surface area contributed by atoms with Crippen LogP contribution in [0.3, 0.4) is 0 Å². The van der Waals surface area contributed by atoms with E-state index in [1.165, 1.54) is 24.8 Å². The number of nitrogens with zero attached hydrogens (tertiary/aromatic N) is 3. The largest absolute Gasteiger partial charge is 0.378 e.